The van der Waals surface area contributed by atoms with Gasteiger partial charge in [0.05, 0.1) is 16.8 Å². The number of imidazole rings is 1. The van der Waals surface area contributed by atoms with E-state index in [1.54, 1.807) is 18.2 Å². The average molecular weight is 492 g/mol. The van der Waals surface area contributed by atoms with Gasteiger partial charge in [-0.1, -0.05) is 35.0 Å². The van der Waals surface area contributed by atoms with Crippen LogP contribution in [0, 0.1) is 23.2 Å². The van der Waals surface area contributed by atoms with Gasteiger partial charge in [0.1, 0.15) is 5.82 Å². The summed E-state index contributed by atoms with van der Waals surface area (Å²) in [5.41, 5.74) is 9.03. The number of rotatable bonds is 6. The first-order valence-electron chi connectivity index (χ1n) is 11.0. The molecule has 0 bridgehead atoms. The molecule has 34 heavy (non-hydrogen) atoms. The highest BCUT2D eigenvalue weighted by Crippen LogP contribution is 2.34. The molecule has 2 heterocycles. The van der Waals surface area contributed by atoms with Gasteiger partial charge in [-0.2, -0.15) is 5.26 Å². The molecule has 4 rings (SSSR count). The Bertz CT molecular complexity index is 1310. The molecule has 2 N–H and O–H groups in total. The summed E-state index contributed by atoms with van der Waals surface area (Å²) >= 11 is 12.7. The molecule has 2 aromatic carbocycles. The second kappa shape index (κ2) is 10.8. The lowest BCUT2D eigenvalue weighted by Crippen LogP contribution is -2.23. The number of amides is 1. The Morgan fingerprint density at radius 1 is 1.09 bits per heavy atom. The maximum absolute atomic E-state index is 12.4. The van der Waals surface area contributed by atoms with Crippen LogP contribution in [0.2, 0.25) is 10.0 Å². The van der Waals surface area contributed by atoms with Crippen LogP contribution in [0.3, 0.4) is 0 Å². The van der Waals surface area contributed by atoms with E-state index in [2.05, 4.69) is 27.8 Å². The molecule has 172 valence electrons. The molecule has 1 amide bonds. The summed E-state index contributed by atoms with van der Waals surface area (Å²) in [5, 5.41) is 9.62. The third-order valence-electron chi connectivity index (χ3n) is 5.67. The monoisotopic (exact) mass is 491 g/mol. The zero-order valence-electron chi connectivity index (χ0n) is 18.5. The van der Waals surface area contributed by atoms with Crippen molar-refractivity contribution in [1.82, 2.24) is 14.5 Å². The number of unbranched alkanes of at least 4 members (excludes halogenated alkanes) is 1. The lowest BCUT2D eigenvalue weighted by molar-refractivity contribution is 0.0994. The first-order valence-corrected chi connectivity index (χ1v) is 11.8. The number of likely N-dealkylation sites (tertiary alicyclic amines) is 1. The fourth-order valence-corrected chi connectivity index (χ4v) is 4.55. The van der Waals surface area contributed by atoms with E-state index in [9.17, 15) is 4.79 Å². The highest BCUT2D eigenvalue weighted by Gasteiger charge is 2.26. The van der Waals surface area contributed by atoms with Crippen LogP contribution in [0.25, 0.3) is 17.1 Å². The lowest BCUT2D eigenvalue weighted by atomic mass is 10.1. The van der Waals surface area contributed by atoms with Crippen LogP contribution in [0.5, 0.6) is 0 Å². The van der Waals surface area contributed by atoms with Crippen molar-refractivity contribution >= 4 is 29.1 Å². The van der Waals surface area contributed by atoms with Gasteiger partial charge in [-0.3, -0.25) is 14.3 Å². The number of carbonyl (C=O) groups is 1. The van der Waals surface area contributed by atoms with Crippen LogP contribution in [-0.4, -0.2) is 33.4 Å². The third-order valence-corrected chi connectivity index (χ3v) is 6.22. The Kier molecular flexibility index (Phi) is 7.55. The molecular formula is C26H23Cl2N5O. The molecule has 0 saturated carbocycles. The van der Waals surface area contributed by atoms with Gasteiger partial charge in [0.25, 0.3) is 5.91 Å². The van der Waals surface area contributed by atoms with Crippen molar-refractivity contribution in [1.29, 1.82) is 5.26 Å². The standard InChI is InChI=1S/C26H23Cl2N5O/c27-19-9-12-21(22(28)16-19)26-31-24(25(30)34)23(17-32-14-4-5-15-32)33(26)20-10-7-18(8-11-20)6-2-1-3-13-29/h7-12,16H,1,3-5,14-15,17H2,(H2,30,34). The van der Waals surface area contributed by atoms with Gasteiger partial charge in [-0.25, -0.2) is 4.98 Å². The van der Waals surface area contributed by atoms with Crippen LogP contribution in [0.4, 0.5) is 0 Å². The van der Waals surface area contributed by atoms with Gasteiger partial charge >= 0.3 is 0 Å². The zero-order valence-corrected chi connectivity index (χ0v) is 20.0. The van der Waals surface area contributed by atoms with Crippen molar-refractivity contribution in [2.75, 3.05) is 13.1 Å². The number of hydrogen-bond donors (Lipinski definition) is 1. The van der Waals surface area contributed by atoms with E-state index in [-0.39, 0.29) is 5.69 Å². The fourth-order valence-electron chi connectivity index (χ4n) is 4.06. The van der Waals surface area contributed by atoms with E-state index in [0.717, 1.165) is 42.9 Å². The van der Waals surface area contributed by atoms with Crippen molar-refractivity contribution in [3.8, 4) is 35.0 Å². The van der Waals surface area contributed by atoms with Gasteiger partial charge in [0.2, 0.25) is 0 Å². The SMILES string of the molecule is N#CCCC#Cc1ccc(-n2c(-c3ccc(Cl)cc3Cl)nc(C(N)=O)c2CN2CCCC2)cc1. The summed E-state index contributed by atoms with van der Waals surface area (Å²) in [4.78, 5) is 19.4. The van der Waals surface area contributed by atoms with Gasteiger partial charge in [-0.05, 0) is 68.4 Å². The van der Waals surface area contributed by atoms with E-state index < -0.39 is 5.91 Å². The number of nitriles is 1. The van der Waals surface area contributed by atoms with Crippen LogP contribution < -0.4 is 5.73 Å². The Balaban J connectivity index is 1.84. The third kappa shape index (κ3) is 5.26. The van der Waals surface area contributed by atoms with Crippen molar-refractivity contribution in [2.24, 2.45) is 5.73 Å². The van der Waals surface area contributed by atoms with Crippen LogP contribution in [-0.2, 0) is 6.54 Å². The van der Waals surface area contributed by atoms with E-state index in [0.29, 0.717) is 40.8 Å². The topological polar surface area (TPSA) is 87.9 Å². The number of nitrogens with two attached hydrogens (primary N) is 1. The Morgan fingerprint density at radius 3 is 2.47 bits per heavy atom. The molecule has 8 heteroatoms. The maximum atomic E-state index is 12.4. The number of carbonyl (C=O) groups excluding carboxylic acids is 1. The predicted molar refractivity (Wildman–Crippen MR) is 134 cm³/mol. The molecule has 0 unspecified atom stereocenters. The smallest absolute Gasteiger partial charge is 0.269 e. The molecule has 6 nitrogen and oxygen atoms in total. The summed E-state index contributed by atoms with van der Waals surface area (Å²) in [7, 11) is 0. The van der Waals surface area contributed by atoms with Gasteiger partial charge in [-0.15, -0.1) is 0 Å². The highest BCUT2D eigenvalue weighted by molar-refractivity contribution is 6.36. The van der Waals surface area contributed by atoms with E-state index >= 15 is 0 Å². The molecule has 0 atom stereocenters. The van der Waals surface area contributed by atoms with Gasteiger partial charge in [0.15, 0.2) is 5.69 Å². The summed E-state index contributed by atoms with van der Waals surface area (Å²) in [6.45, 7) is 2.46. The van der Waals surface area contributed by atoms with Gasteiger partial charge in [0, 0.05) is 41.2 Å². The average Bonchev–Trinajstić information content (AvgIpc) is 3.46. The van der Waals surface area contributed by atoms with E-state index in [4.69, 9.17) is 34.2 Å². The number of aromatic nitrogens is 2. The number of nitrogens with zero attached hydrogens (tertiary/aromatic N) is 4. The Hall–Kier alpha value is -3.29. The highest BCUT2D eigenvalue weighted by atomic mass is 35.5. The van der Waals surface area contributed by atoms with Crippen LogP contribution >= 0.6 is 23.2 Å². The maximum Gasteiger partial charge on any atom is 0.269 e. The van der Waals surface area contributed by atoms with Gasteiger partial charge < -0.3 is 5.73 Å². The second-order valence-corrected chi connectivity index (χ2v) is 8.89. The first-order chi connectivity index (χ1) is 16.5. The molecule has 0 radical (unpaired) electrons. The number of benzene rings is 2. The van der Waals surface area contributed by atoms with Crippen LogP contribution in [0.15, 0.2) is 42.5 Å². The lowest BCUT2D eigenvalue weighted by Gasteiger charge is -2.18. The molecule has 0 spiro atoms. The van der Waals surface area contributed by atoms with Crippen molar-refractivity contribution < 1.29 is 4.79 Å². The minimum absolute atomic E-state index is 0.230. The molecule has 1 fully saturated rings. The number of hydrogen-bond acceptors (Lipinski definition) is 4. The minimum atomic E-state index is -0.584. The molecule has 1 aliphatic rings. The number of primary amides is 1. The molecule has 0 aliphatic carbocycles. The second-order valence-electron chi connectivity index (χ2n) is 8.04. The van der Waals surface area contributed by atoms with Crippen molar-refractivity contribution in [3.05, 3.63) is 69.5 Å². The summed E-state index contributed by atoms with van der Waals surface area (Å²) in [6, 6.07) is 15.0. The molecule has 1 saturated heterocycles. The largest absolute Gasteiger partial charge is 0.364 e. The summed E-state index contributed by atoms with van der Waals surface area (Å²) in [5.74, 6) is 6.01. The summed E-state index contributed by atoms with van der Waals surface area (Å²) in [6.07, 6.45) is 3.17. The quantitative estimate of drug-likeness (QED) is 0.379. The molecule has 1 aliphatic heterocycles. The van der Waals surface area contributed by atoms with E-state index in [1.165, 1.54) is 0 Å². The van der Waals surface area contributed by atoms with E-state index in [1.807, 2.05) is 28.8 Å². The minimum Gasteiger partial charge on any atom is -0.364 e. The normalized spacial score (nSPS) is 13.3. The summed E-state index contributed by atoms with van der Waals surface area (Å²) < 4.78 is 1.94. The van der Waals surface area contributed by atoms with Crippen molar-refractivity contribution in [3.63, 3.8) is 0 Å². The van der Waals surface area contributed by atoms with Crippen molar-refractivity contribution in [2.45, 2.75) is 32.2 Å². The first kappa shape index (κ1) is 23.9. The molecule has 1 aromatic heterocycles. The predicted octanol–water partition coefficient (Wildman–Crippen LogP) is 5.20. The Morgan fingerprint density at radius 2 is 1.82 bits per heavy atom. The number of halogens is 2. The molecule has 3 aromatic rings. The fraction of sp³-hybridized carbons (Fsp3) is 0.269. The van der Waals surface area contributed by atoms with Crippen LogP contribution in [0.1, 0.15) is 47.4 Å². The Labute approximate surface area is 208 Å². The zero-order chi connectivity index (χ0) is 24.1. The molecular weight excluding hydrogens is 469 g/mol.